The Morgan fingerprint density at radius 1 is 1.30 bits per heavy atom. The maximum atomic E-state index is 5.37. The molecule has 1 aliphatic rings. The number of aryl methyl sites for hydroxylation is 1. The van der Waals surface area contributed by atoms with Crippen molar-refractivity contribution in [3.05, 3.63) is 28.2 Å². The molecule has 0 aromatic heterocycles. The van der Waals surface area contributed by atoms with Crippen LogP contribution >= 0.6 is 28.1 Å². The number of likely N-dealkylation sites (tertiary alicyclic amines) is 1. The summed E-state index contributed by atoms with van der Waals surface area (Å²) in [7, 11) is 0. The molecule has 23 heavy (non-hydrogen) atoms. The summed E-state index contributed by atoms with van der Waals surface area (Å²) in [5.74, 6) is 1.66. The van der Waals surface area contributed by atoms with Crippen molar-refractivity contribution in [2.24, 2.45) is 11.8 Å². The van der Waals surface area contributed by atoms with Gasteiger partial charge in [-0.2, -0.15) is 0 Å². The summed E-state index contributed by atoms with van der Waals surface area (Å²) in [6.07, 6.45) is 2.50. The molecule has 2 unspecified atom stereocenters. The molecule has 2 rings (SSSR count). The zero-order valence-electron chi connectivity index (χ0n) is 14.4. The summed E-state index contributed by atoms with van der Waals surface area (Å²) in [6, 6.07) is 6.16. The van der Waals surface area contributed by atoms with Crippen LogP contribution in [-0.4, -0.2) is 36.2 Å². The Morgan fingerprint density at radius 3 is 2.65 bits per heavy atom. The Labute approximate surface area is 154 Å². The predicted molar refractivity (Wildman–Crippen MR) is 107 cm³/mol. The van der Waals surface area contributed by atoms with Crippen molar-refractivity contribution in [2.75, 3.05) is 31.5 Å². The fourth-order valence-electron chi connectivity index (χ4n) is 3.38. The molecule has 0 bridgehead atoms. The Bertz CT molecular complexity index is 525. The third kappa shape index (κ3) is 6.40. The number of hydrogen-bond donors (Lipinski definition) is 2. The molecule has 1 aromatic rings. The largest absolute Gasteiger partial charge is 0.362 e. The van der Waals surface area contributed by atoms with E-state index in [2.05, 4.69) is 58.3 Å². The second-order valence-corrected chi connectivity index (χ2v) is 8.17. The van der Waals surface area contributed by atoms with Crippen LogP contribution in [0.4, 0.5) is 5.69 Å². The maximum absolute atomic E-state index is 5.37. The molecule has 128 valence electrons. The molecule has 0 amide bonds. The van der Waals surface area contributed by atoms with Crippen LogP contribution in [0.5, 0.6) is 0 Å². The van der Waals surface area contributed by atoms with Crippen molar-refractivity contribution in [3.63, 3.8) is 0 Å². The number of nitrogens with zero attached hydrogens (tertiary/aromatic N) is 1. The number of piperidine rings is 1. The number of thiocarbonyl (C=S) groups is 1. The molecule has 0 saturated carbocycles. The van der Waals surface area contributed by atoms with Gasteiger partial charge in [0, 0.05) is 29.8 Å². The van der Waals surface area contributed by atoms with Crippen molar-refractivity contribution in [2.45, 2.75) is 33.6 Å². The van der Waals surface area contributed by atoms with E-state index in [9.17, 15) is 0 Å². The number of nitrogens with one attached hydrogen (secondary N) is 2. The molecule has 1 heterocycles. The molecule has 1 saturated heterocycles. The molecule has 0 spiro atoms. The van der Waals surface area contributed by atoms with Crippen molar-refractivity contribution in [3.8, 4) is 0 Å². The van der Waals surface area contributed by atoms with E-state index < -0.39 is 0 Å². The Morgan fingerprint density at radius 2 is 2.00 bits per heavy atom. The van der Waals surface area contributed by atoms with Gasteiger partial charge in [0.05, 0.1) is 0 Å². The lowest BCUT2D eigenvalue weighted by atomic mass is 9.92. The second-order valence-electron chi connectivity index (χ2n) is 6.90. The van der Waals surface area contributed by atoms with Gasteiger partial charge < -0.3 is 15.5 Å². The van der Waals surface area contributed by atoms with Gasteiger partial charge in [-0.05, 0) is 74.1 Å². The van der Waals surface area contributed by atoms with Crippen molar-refractivity contribution < 1.29 is 0 Å². The van der Waals surface area contributed by atoms with E-state index in [1.54, 1.807) is 0 Å². The minimum atomic E-state index is 0.701. The zero-order valence-corrected chi connectivity index (χ0v) is 16.8. The van der Waals surface area contributed by atoms with E-state index in [1.165, 1.54) is 25.1 Å². The molecule has 0 aliphatic carbocycles. The first-order valence-corrected chi connectivity index (χ1v) is 9.67. The lowest BCUT2D eigenvalue weighted by molar-refractivity contribution is 0.140. The van der Waals surface area contributed by atoms with Crippen LogP contribution in [0.3, 0.4) is 0 Å². The second kappa shape index (κ2) is 9.00. The van der Waals surface area contributed by atoms with E-state index in [1.807, 2.05) is 12.1 Å². The van der Waals surface area contributed by atoms with Crippen LogP contribution in [-0.2, 0) is 0 Å². The highest BCUT2D eigenvalue weighted by Gasteiger charge is 2.20. The average molecular weight is 398 g/mol. The molecule has 2 N–H and O–H groups in total. The zero-order chi connectivity index (χ0) is 16.8. The first-order chi connectivity index (χ1) is 10.9. The van der Waals surface area contributed by atoms with Gasteiger partial charge in [-0.15, -0.1) is 0 Å². The van der Waals surface area contributed by atoms with Gasteiger partial charge >= 0.3 is 0 Å². The van der Waals surface area contributed by atoms with Crippen molar-refractivity contribution >= 4 is 38.9 Å². The summed E-state index contributed by atoms with van der Waals surface area (Å²) in [5, 5.41) is 7.26. The smallest absolute Gasteiger partial charge is 0.170 e. The van der Waals surface area contributed by atoms with Gasteiger partial charge in [-0.25, -0.2) is 0 Å². The Balaban J connectivity index is 1.65. The summed E-state index contributed by atoms with van der Waals surface area (Å²) in [5.41, 5.74) is 2.23. The first kappa shape index (κ1) is 18.7. The monoisotopic (exact) mass is 397 g/mol. The van der Waals surface area contributed by atoms with Gasteiger partial charge in [0.25, 0.3) is 0 Å². The van der Waals surface area contributed by atoms with Gasteiger partial charge in [0.15, 0.2) is 5.11 Å². The number of halogens is 1. The summed E-state index contributed by atoms with van der Waals surface area (Å²) < 4.78 is 1.12. The summed E-state index contributed by atoms with van der Waals surface area (Å²) in [4.78, 5) is 2.59. The number of anilines is 1. The third-order valence-electron chi connectivity index (χ3n) is 4.30. The minimum Gasteiger partial charge on any atom is -0.362 e. The fourth-order valence-corrected chi connectivity index (χ4v) is 3.84. The molecule has 1 aromatic carbocycles. The van der Waals surface area contributed by atoms with Gasteiger partial charge in [0.2, 0.25) is 0 Å². The average Bonchev–Trinajstić information content (AvgIpc) is 2.46. The Hall–Kier alpha value is -0.650. The van der Waals surface area contributed by atoms with Gasteiger partial charge in [-0.1, -0.05) is 29.8 Å². The first-order valence-electron chi connectivity index (χ1n) is 8.47. The molecule has 5 heteroatoms. The van der Waals surface area contributed by atoms with Crippen molar-refractivity contribution in [1.29, 1.82) is 0 Å². The summed E-state index contributed by atoms with van der Waals surface area (Å²) >= 11 is 8.88. The standard InChI is InChI=1S/C18H28BrN3S/c1-13-9-14(2)12-22(11-13)8-4-7-20-18(23)21-16-5-6-17(19)15(3)10-16/h5-6,10,13-14H,4,7-9,11-12H2,1-3H3,(H2,20,21,23). The maximum Gasteiger partial charge on any atom is 0.170 e. The highest BCUT2D eigenvalue weighted by molar-refractivity contribution is 9.10. The fraction of sp³-hybridized carbons (Fsp3) is 0.611. The quantitative estimate of drug-likeness (QED) is 0.568. The molecule has 1 fully saturated rings. The molecule has 1 aliphatic heterocycles. The van der Waals surface area contributed by atoms with E-state index in [-0.39, 0.29) is 0 Å². The van der Waals surface area contributed by atoms with E-state index in [4.69, 9.17) is 12.2 Å². The van der Waals surface area contributed by atoms with E-state index >= 15 is 0 Å². The number of hydrogen-bond acceptors (Lipinski definition) is 2. The van der Waals surface area contributed by atoms with Crippen molar-refractivity contribution in [1.82, 2.24) is 10.2 Å². The minimum absolute atomic E-state index is 0.701. The lowest BCUT2D eigenvalue weighted by Crippen LogP contribution is -2.40. The van der Waals surface area contributed by atoms with Crippen LogP contribution < -0.4 is 10.6 Å². The molecule has 0 radical (unpaired) electrons. The van der Waals surface area contributed by atoms with Gasteiger partial charge in [-0.3, -0.25) is 0 Å². The van der Waals surface area contributed by atoms with Gasteiger partial charge in [0.1, 0.15) is 0 Å². The Kier molecular flexibility index (Phi) is 7.31. The van der Waals surface area contributed by atoms with Crippen LogP contribution in [0.15, 0.2) is 22.7 Å². The van der Waals surface area contributed by atoms with Crippen LogP contribution in [0.2, 0.25) is 0 Å². The van der Waals surface area contributed by atoms with E-state index in [0.29, 0.717) is 5.11 Å². The normalized spacial score (nSPS) is 21.9. The highest BCUT2D eigenvalue weighted by Crippen LogP contribution is 2.21. The van der Waals surface area contributed by atoms with E-state index in [0.717, 1.165) is 41.5 Å². The molecular weight excluding hydrogens is 370 g/mol. The highest BCUT2D eigenvalue weighted by atomic mass is 79.9. The molecule has 3 nitrogen and oxygen atoms in total. The molecule has 2 atom stereocenters. The number of benzene rings is 1. The third-order valence-corrected chi connectivity index (χ3v) is 5.43. The number of rotatable bonds is 5. The van der Waals surface area contributed by atoms with Crippen LogP contribution in [0.25, 0.3) is 0 Å². The predicted octanol–water partition coefficient (Wildman–Crippen LogP) is 4.41. The van der Waals surface area contributed by atoms with Crippen LogP contribution in [0, 0.1) is 18.8 Å². The SMILES string of the molecule is Cc1cc(NC(=S)NCCCN2CC(C)CC(C)C2)ccc1Br. The topological polar surface area (TPSA) is 27.3 Å². The summed E-state index contributed by atoms with van der Waals surface area (Å²) in [6.45, 7) is 11.4. The lowest BCUT2D eigenvalue weighted by Gasteiger charge is -2.35. The van der Waals surface area contributed by atoms with Crippen LogP contribution in [0.1, 0.15) is 32.3 Å². The molecular formula is C18H28BrN3S.